The molecule has 1 atom stereocenters. The van der Waals surface area contributed by atoms with E-state index in [0.717, 1.165) is 12.2 Å². The highest BCUT2D eigenvalue weighted by atomic mass is 16.5. The van der Waals surface area contributed by atoms with E-state index in [1.807, 2.05) is 17.7 Å². The lowest BCUT2D eigenvalue weighted by Crippen LogP contribution is -2.58. The molecule has 0 aromatic carbocycles. The molecular formula is C14H22N4O3. The van der Waals surface area contributed by atoms with Crippen molar-refractivity contribution in [2.24, 2.45) is 5.73 Å². The van der Waals surface area contributed by atoms with Gasteiger partial charge in [0.15, 0.2) is 5.60 Å². The number of carbonyl (C=O) groups excluding carboxylic acids is 2. The average molecular weight is 294 g/mol. The van der Waals surface area contributed by atoms with Crippen molar-refractivity contribution in [1.82, 2.24) is 14.5 Å². The molecule has 1 aromatic rings. The number of imidazole rings is 1. The lowest BCUT2D eigenvalue weighted by molar-refractivity contribution is -0.160. The Morgan fingerprint density at radius 3 is 2.95 bits per heavy atom. The maximum Gasteiger partial charge on any atom is 0.251 e. The molecule has 1 fully saturated rings. The Bertz CT molecular complexity index is 528. The highest BCUT2D eigenvalue weighted by Crippen LogP contribution is 2.18. The van der Waals surface area contributed by atoms with Gasteiger partial charge in [-0.3, -0.25) is 9.59 Å². The van der Waals surface area contributed by atoms with Crippen LogP contribution < -0.4 is 5.73 Å². The number of hydrogen-bond donors (Lipinski definition) is 1. The first-order chi connectivity index (χ1) is 9.96. The van der Waals surface area contributed by atoms with Crippen LogP contribution in [0, 0.1) is 0 Å². The summed E-state index contributed by atoms with van der Waals surface area (Å²) < 4.78 is 7.39. The summed E-state index contributed by atoms with van der Waals surface area (Å²) >= 11 is 0. The zero-order valence-corrected chi connectivity index (χ0v) is 12.5. The summed E-state index contributed by atoms with van der Waals surface area (Å²) in [6.45, 7) is 5.28. The van der Waals surface area contributed by atoms with Crippen molar-refractivity contribution in [3.05, 3.63) is 18.2 Å². The Balaban J connectivity index is 1.93. The van der Waals surface area contributed by atoms with Crippen LogP contribution in [0.1, 0.15) is 26.1 Å². The van der Waals surface area contributed by atoms with E-state index in [1.54, 1.807) is 18.0 Å². The van der Waals surface area contributed by atoms with Gasteiger partial charge in [0.25, 0.3) is 5.91 Å². The van der Waals surface area contributed by atoms with Crippen molar-refractivity contribution in [1.29, 1.82) is 0 Å². The molecule has 1 saturated heterocycles. The third-order valence-electron chi connectivity index (χ3n) is 3.83. The summed E-state index contributed by atoms with van der Waals surface area (Å²) in [5.74, 6) is 0.427. The van der Waals surface area contributed by atoms with Crippen LogP contribution in [-0.4, -0.2) is 51.6 Å². The molecule has 1 aliphatic heterocycles. The van der Waals surface area contributed by atoms with E-state index in [4.69, 9.17) is 10.5 Å². The molecular weight excluding hydrogens is 272 g/mol. The van der Waals surface area contributed by atoms with E-state index < -0.39 is 11.5 Å². The highest BCUT2D eigenvalue weighted by Gasteiger charge is 2.38. The summed E-state index contributed by atoms with van der Waals surface area (Å²) in [5, 5.41) is 0. The van der Waals surface area contributed by atoms with Gasteiger partial charge in [-0.15, -0.1) is 0 Å². The Labute approximate surface area is 124 Å². The number of morpholine rings is 1. The molecule has 0 aliphatic carbocycles. The first kappa shape index (κ1) is 15.5. The number of nitrogens with zero attached hydrogens (tertiary/aromatic N) is 3. The van der Waals surface area contributed by atoms with Gasteiger partial charge in [-0.2, -0.15) is 0 Å². The number of primary amides is 1. The largest absolute Gasteiger partial charge is 0.367 e. The van der Waals surface area contributed by atoms with E-state index in [-0.39, 0.29) is 12.5 Å². The van der Waals surface area contributed by atoms with E-state index in [9.17, 15) is 9.59 Å². The molecule has 1 aliphatic rings. The molecule has 0 spiro atoms. The van der Waals surface area contributed by atoms with Crippen LogP contribution in [-0.2, 0) is 27.3 Å². The Hall–Kier alpha value is -1.89. The summed E-state index contributed by atoms with van der Waals surface area (Å²) in [7, 11) is 0. The fraction of sp³-hybridized carbons (Fsp3) is 0.643. The number of rotatable bonds is 5. The molecule has 0 saturated carbocycles. The summed E-state index contributed by atoms with van der Waals surface area (Å²) in [4.78, 5) is 29.6. The average Bonchev–Trinajstić information content (AvgIpc) is 2.92. The molecule has 2 N–H and O–H groups in total. The number of ether oxygens (including phenoxy) is 1. The number of aromatic nitrogens is 2. The van der Waals surface area contributed by atoms with Gasteiger partial charge in [0.1, 0.15) is 5.82 Å². The van der Waals surface area contributed by atoms with E-state index in [1.165, 1.54) is 0 Å². The molecule has 1 aromatic heterocycles. The molecule has 2 rings (SSSR count). The van der Waals surface area contributed by atoms with Crippen LogP contribution in [0.4, 0.5) is 0 Å². The van der Waals surface area contributed by atoms with Crippen molar-refractivity contribution in [2.45, 2.75) is 38.8 Å². The second kappa shape index (κ2) is 6.26. The Morgan fingerprint density at radius 2 is 2.29 bits per heavy atom. The normalized spacial score (nSPS) is 22.3. The number of carbonyl (C=O) groups is 2. The first-order valence-corrected chi connectivity index (χ1v) is 7.18. The zero-order valence-electron chi connectivity index (χ0n) is 12.5. The first-order valence-electron chi connectivity index (χ1n) is 7.18. The Morgan fingerprint density at radius 1 is 1.52 bits per heavy atom. The van der Waals surface area contributed by atoms with Crippen molar-refractivity contribution in [2.75, 3.05) is 19.7 Å². The molecule has 0 radical (unpaired) electrons. The third kappa shape index (κ3) is 3.41. The molecule has 2 amide bonds. The fourth-order valence-corrected chi connectivity index (χ4v) is 2.46. The second-order valence-corrected chi connectivity index (χ2v) is 5.40. The minimum Gasteiger partial charge on any atom is -0.367 e. The van der Waals surface area contributed by atoms with Crippen LogP contribution in [0.5, 0.6) is 0 Å². The summed E-state index contributed by atoms with van der Waals surface area (Å²) in [6, 6.07) is 0. The predicted molar refractivity (Wildman–Crippen MR) is 76.4 cm³/mol. The van der Waals surface area contributed by atoms with Gasteiger partial charge < -0.3 is 19.9 Å². The van der Waals surface area contributed by atoms with E-state index in [0.29, 0.717) is 26.1 Å². The van der Waals surface area contributed by atoms with Crippen molar-refractivity contribution >= 4 is 11.8 Å². The van der Waals surface area contributed by atoms with E-state index in [2.05, 4.69) is 4.98 Å². The minimum absolute atomic E-state index is 0.00141. The molecule has 2 heterocycles. The van der Waals surface area contributed by atoms with Crippen molar-refractivity contribution in [3.63, 3.8) is 0 Å². The lowest BCUT2D eigenvalue weighted by atomic mass is 10.0. The van der Waals surface area contributed by atoms with Crippen molar-refractivity contribution in [3.8, 4) is 0 Å². The minimum atomic E-state index is -1.09. The zero-order chi connectivity index (χ0) is 15.5. The number of aryl methyl sites for hydroxylation is 2. The standard InChI is InChI=1S/C14H22N4O3/c1-3-11-16-5-7-17(11)6-4-12(19)18-8-9-21-14(2,10-18)13(15)20/h5,7H,3-4,6,8-10H2,1-2H3,(H2,15,20)/t14-/m0/s1. The summed E-state index contributed by atoms with van der Waals surface area (Å²) in [6.07, 6.45) is 4.82. The fourth-order valence-electron chi connectivity index (χ4n) is 2.46. The molecule has 7 nitrogen and oxygen atoms in total. The van der Waals surface area contributed by atoms with E-state index >= 15 is 0 Å². The maximum absolute atomic E-state index is 12.3. The molecule has 116 valence electrons. The third-order valence-corrected chi connectivity index (χ3v) is 3.83. The Kier molecular flexibility index (Phi) is 4.62. The van der Waals surface area contributed by atoms with Crippen LogP contribution in [0.2, 0.25) is 0 Å². The van der Waals surface area contributed by atoms with Crippen LogP contribution >= 0.6 is 0 Å². The second-order valence-electron chi connectivity index (χ2n) is 5.40. The number of amides is 2. The van der Waals surface area contributed by atoms with Gasteiger partial charge in [0, 0.05) is 38.3 Å². The van der Waals surface area contributed by atoms with Gasteiger partial charge >= 0.3 is 0 Å². The summed E-state index contributed by atoms with van der Waals surface area (Å²) in [5.41, 5.74) is 4.25. The predicted octanol–water partition coefficient (Wildman–Crippen LogP) is -0.0616. The lowest BCUT2D eigenvalue weighted by Gasteiger charge is -2.38. The molecule has 7 heteroatoms. The van der Waals surface area contributed by atoms with Crippen LogP contribution in [0.3, 0.4) is 0 Å². The van der Waals surface area contributed by atoms with Gasteiger partial charge in [-0.1, -0.05) is 6.92 Å². The van der Waals surface area contributed by atoms with Gasteiger partial charge in [-0.25, -0.2) is 4.98 Å². The quantitative estimate of drug-likeness (QED) is 0.823. The van der Waals surface area contributed by atoms with Crippen molar-refractivity contribution < 1.29 is 14.3 Å². The SMILES string of the molecule is CCc1nccn1CCC(=O)N1CCO[C@](C)(C(N)=O)C1. The maximum atomic E-state index is 12.3. The molecule has 0 bridgehead atoms. The van der Waals surface area contributed by atoms with Gasteiger partial charge in [0.05, 0.1) is 13.2 Å². The highest BCUT2D eigenvalue weighted by molar-refractivity contribution is 5.85. The number of nitrogens with two attached hydrogens (primary N) is 1. The molecule has 21 heavy (non-hydrogen) atoms. The smallest absolute Gasteiger partial charge is 0.251 e. The number of hydrogen-bond acceptors (Lipinski definition) is 4. The van der Waals surface area contributed by atoms with Crippen LogP contribution in [0.25, 0.3) is 0 Å². The molecule has 0 unspecified atom stereocenters. The monoisotopic (exact) mass is 294 g/mol. The van der Waals surface area contributed by atoms with Gasteiger partial charge in [0.2, 0.25) is 5.91 Å². The van der Waals surface area contributed by atoms with Crippen LogP contribution in [0.15, 0.2) is 12.4 Å². The topological polar surface area (TPSA) is 90.4 Å². The van der Waals surface area contributed by atoms with Gasteiger partial charge in [-0.05, 0) is 6.92 Å².